The highest BCUT2D eigenvalue weighted by molar-refractivity contribution is 7.21. The van der Waals surface area contributed by atoms with Crippen LogP contribution in [0, 0.1) is 6.92 Å². The number of hydrogen-bond acceptors (Lipinski definition) is 5. The quantitative estimate of drug-likeness (QED) is 0.540. The van der Waals surface area contributed by atoms with Crippen LogP contribution in [0.5, 0.6) is 5.75 Å². The SMILES string of the molecule is COc1cccc(NC(=O)c2cc3c(=O)oc4ccc(C)cc4c3s2)c1. The largest absolute Gasteiger partial charge is 0.497 e. The van der Waals surface area contributed by atoms with Gasteiger partial charge in [-0.1, -0.05) is 17.7 Å². The molecule has 0 aliphatic carbocycles. The molecule has 0 aliphatic rings. The minimum atomic E-state index is -0.437. The summed E-state index contributed by atoms with van der Waals surface area (Å²) in [7, 11) is 1.57. The van der Waals surface area contributed by atoms with Crippen LogP contribution in [-0.2, 0) is 0 Å². The van der Waals surface area contributed by atoms with Crippen LogP contribution >= 0.6 is 11.3 Å². The predicted molar refractivity (Wildman–Crippen MR) is 104 cm³/mol. The molecule has 4 rings (SSSR count). The van der Waals surface area contributed by atoms with Gasteiger partial charge < -0.3 is 14.5 Å². The highest BCUT2D eigenvalue weighted by Crippen LogP contribution is 2.31. The average molecular weight is 365 g/mol. The molecule has 0 radical (unpaired) electrons. The number of aryl methyl sites for hydroxylation is 1. The zero-order chi connectivity index (χ0) is 18.3. The van der Waals surface area contributed by atoms with E-state index in [0.717, 1.165) is 15.6 Å². The van der Waals surface area contributed by atoms with Crippen LogP contribution in [0.15, 0.2) is 57.7 Å². The van der Waals surface area contributed by atoms with Crippen LogP contribution in [0.2, 0.25) is 0 Å². The first-order valence-corrected chi connectivity index (χ1v) is 8.79. The van der Waals surface area contributed by atoms with Gasteiger partial charge in [-0.2, -0.15) is 0 Å². The summed E-state index contributed by atoms with van der Waals surface area (Å²) in [6.45, 7) is 1.97. The lowest BCUT2D eigenvalue weighted by Crippen LogP contribution is -2.10. The van der Waals surface area contributed by atoms with E-state index in [1.807, 2.05) is 19.1 Å². The van der Waals surface area contributed by atoms with Crippen molar-refractivity contribution in [2.24, 2.45) is 0 Å². The number of hydrogen-bond donors (Lipinski definition) is 1. The van der Waals surface area contributed by atoms with Gasteiger partial charge in [-0.3, -0.25) is 4.79 Å². The summed E-state index contributed by atoms with van der Waals surface area (Å²) in [5, 5.41) is 4.09. The molecule has 2 aromatic carbocycles. The molecule has 5 nitrogen and oxygen atoms in total. The van der Waals surface area contributed by atoms with E-state index in [1.165, 1.54) is 11.3 Å². The summed E-state index contributed by atoms with van der Waals surface area (Å²) in [5.74, 6) is 0.376. The second-order valence-corrected chi connectivity index (χ2v) is 6.98. The minimum Gasteiger partial charge on any atom is -0.497 e. The summed E-state index contributed by atoms with van der Waals surface area (Å²) >= 11 is 1.28. The number of thiophene rings is 1. The molecule has 6 heteroatoms. The van der Waals surface area contributed by atoms with Gasteiger partial charge in [0.2, 0.25) is 0 Å². The van der Waals surface area contributed by atoms with Crippen LogP contribution in [0.25, 0.3) is 21.1 Å². The lowest BCUT2D eigenvalue weighted by molar-refractivity contribution is 0.103. The normalized spacial score (nSPS) is 11.0. The molecule has 0 spiro atoms. The Morgan fingerprint density at radius 1 is 1.12 bits per heavy atom. The van der Waals surface area contributed by atoms with E-state index in [9.17, 15) is 9.59 Å². The molecule has 0 saturated heterocycles. The number of anilines is 1. The summed E-state index contributed by atoms with van der Waals surface area (Å²) in [5.41, 5.74) is 1.77. The molecule has 4 aromatic rings. The highest BCUT2D eigenvalue weighted by Gasteiger charge is 2.16. The third-order valence-corrected chi connectivity index (χ3v) is 5.25. The van der Waals surface area contributed by atoms with Gasteiger partial charge >= 0.3 is 5.63 Å². The van der Waals surface area contributed by atoms with Crippen LogP contribution in [0.3, 0.4) is 0 Å². The zero-order valence-corrected chi connectivity index (χ0v) is 15.0. The standard InChI is InChI=1S/C20H15NO4S/c1-11-6-7-16-14(8-11)18-15(20(23)25-16)10-17(26-18)19(22)21-12-4-3-5-13(9-12)24-2/h3-10H,1-2H3,(H,21,22). The Morgan fingerprint density at radius 2 is 1.96 bits per heavy atom. The maximum Gasteiger partial charge on any atom is 0.345 e. The molecular formula is C20H15NO4S. The van der Waals surface area contributed by atoms with Crippen molar-refractivity contribution in [1.82, 2.24) is 0 Å². The monoisotopic (exact) mass is 365 g/mol. The fourth-order valence-corrected chi connectivity index (χ4v) is 3.88. The molecule has 0 aliphatic heterocycles. The van der Waals surface area contributed by atoms with E-state index in [4.69, 9.17) is 9.15 Å². The molecule has 130 valence electrons. The van der Waals surface area contributed by atoms with Gasteiger partial charge in [0, 0.05) is 17.1 Å². The Bertz CT molecular complexity index is 1210. The molecule has 2 heterocycles. The minimum absolute atomic E-state index is 0.278. The fourth-order valence-electron chi connectivity index (χ4n) is 2.81. The number of rotatable bonds is 3. The first-order chi connectivity index (χ1) is 12.5. The Kier molecular flexibility index (Phi) is 3.97. The fraction of sp³-hybridized carbons (Fsp3) is 0.100. The van der Waals surface area contributed by atoms with Crippen molar-refractivity contribution in [3.8, 4) is 5.75 Å². The highest BCUT2D eigenvalue weighted by atomic mass is 32.1. The van der Waals surface area contributed by atoms with Gasteiger partial charge in [0.1, 0.15) is 11.3 Å². The maximum atomic E-state index is 12.6. The van der Waals surface area contributed by atoms with Crippen molar-refractivity contribution >= 4 is 44.0 Å². The lowest BCUT2D eigenvalue weighted by Gasteiger charge is -2.05. The van der Waals surface area contributed by atoms with Crippen molar-refractivity contribution in [2.45, 2.75) is 6.92 Å². The van der Waals surface area contributed by atoms with Crippen molar-refractivity contribution in [3.05, 3.63) is 69.4 Å². The van der Waals surface area contributed by atoms with Gasteiger partial charge in [-0.15, -0.1) is 11.3 Å². The average Bonchev–Trinajstić information content (AvgIpc) is 3.09. The molecule has 26 heavy (non-hydrogen) atoms. The Balaban J connectivity index is 1.78. The van der Waals surface area contributed by atoms with Crippen molar-refractivity contribution in [3.63, 3.8) is 0 Å². The van der Waals surface area contributed by atoms with E-state index >= 15 is 0 Å². The molecule has 0 atom stereocenters. The summed E-state index contributed by atoms with van der Waals surface area (Å²) in [6, 6.07) is 14.3. The maximum absolute atomic E-state index is 12.6. The van der Waals surface area contributed by atoms with E-state index in [0.29, 0.717) is 27.3 Å². The molecule has 0 fully saturated rings. The third kappa shape index (κ3) is 2.84. The van der Waals surface area contributed by atoms with E-state index in [1.54, 1.807) is 43.5 Å². The molecule has 1 N–H and O–H groups in total. The number of nitrogens with one attached hydrogen (secondary N) is 1. The number of carbonyl (C=O) groups is 1. The number of ether oxygens (including phenoxy) is 1. The first-order valence-electron chi connectivity index (χ1n) is 7.97. The number of benzene rings is 2. The van der Waals surface area contributed by atoms with Gasteiger partial charge in [0.05, 0.1) is 22.1 Å². The summed E-state index contributed by atoms with van der Waals surface area (Å²) in [6.07, 6.45) is 0. The number of fused-ring (bicyclic) bond motifs is 3. The Morgan fingerprint density at radius 3 is 2.77 bits per heavy atom. The predicted octanol–water partition coefficient (Wildman–Crippen LogP) is 4.58. The van der Waals surface area contributed by atoms with Crippen LogP contribution in [-0.4, -0.2) is 13.0 Å². The van der Waals surface area contributed by atoms with Gasteiger partial charge in [-0.25, -0.2) is 4.79 Å². The van der Waals surface area contributed by atoms with Crippen LogP contribution in [0.1, 0.15) is 15.2 Å². The Labute approximate surface area is 152 Å². The molecule has 0 saturated carbocycles. The molecule has 2 aromatic heterocycles. The summed E-state index contributed by atoms with van der Waals surface area (Å²) < 4.78 is 11.3. The van der Waals surface area contributed by atoms with Crippen molar-refractivity contribution in [1.29, 1.82) is 0 Å². The van der Waals surface area contributed by atoms with Crippen molar-refractivity contribution in [2.75, 3.05) is 12.4 Å². The van der Waals surface area contributed by atoms with Gasteiger partial charge in [0.15, 0.2) is 0 Å². The van der Waals surface area contributed by atoms with E-state index < -0.39 is 5.63 Å². The van der Waals surface area contributed by atoms with Gasteiger partial charge in [-0.05, 0) is 37.3 Å². The van der Waals surface area contributed by atoms with Crippen molar-refractivity contribution < 1.29 is 13.9 Å². The zero-order valence-electron chi connectivity index (χ0n) is 14.2. The molecule has 0 bridgehead atoms. The number of methoxy groups -OCH3 is 1. The topological polar surface area (TPSA) is 68.5 Å². The lowest BCUT2D eigenvalue weighted by atomic mass is 10.1. The molecular weight excluding hydrogens is 350 g/mol. The first kappa shape index (κ1) is 16.4. The van der Waals surface area contributed by atoms with E-state index in [2.05, 4.69) is 5.32 Å². The second-order valence-electron chi connectivity index (χ2n) is 5.93. The summed E-state index contributed by atoms with van der Waals surface area (Å²) in [4.78, 5) is 25.3. The molecule has 0 unspecified atom stereocenters. The van der Waals surface area contributed by atoms with Gasteiger partial charge in [0.25, 0.3) is 5.91 Å². The smallest absolute Gasteiger partial charge is 0.345 e. The molecule has 1 amide bonds. The Hall–Kier alpha value is -3.12. The third-order valence-electron chi connectivity index (χ3n) is 4.09. The number of carbonyl (C=O) groups excluding carboxylic acids is 1. The second kappa shape index (κ2) is 6.31. The number of amides is 1. The van der Waals surface area contributed by atoms with Crippen LogP contribution < -0.4 is 15.7 Å². The van der Waals surface area contributed by atoms with E-state index in [-0.39, 0.29) is 5.91 Å². The van der Waals surface area contributed by atoms with Crippen LogP contribution in [0.4, 0.5) is 5.69 Å².